The van der Waals surface area contributed by atoms with Gasteiger partial charge in [-0.3, -0.25) is 4.79 Å². The van der Waals surface area contributed by atoms with Crippen molar-refractivity contribution >= 4 is 22.9 Å². The highest BCUT2D eigenvalue weighted by Gasteiger charge is 2.18. The molecule has 0 saturated carbocycles. The molecule has 0 fully saturated rings. The quantitative estimate of drug-likeness (QED) is 0.812. The molecule has 0 bridgehead atoms. The van der Waals surface area contributed by atoms with Crippen LogP contribution >= 0.6 is 0 Å². The van der Waals surface area contributed by atoms with Crippen molar-refractivity contribution in [2.24, 2.45) is 0 Å². The smallest absolute Gasteiger partial charge is 0.344 e. The Labute approximate surface area is 129 Å². The summed E-state index contributed by atoms with van der Waals surface area (Å²) in [4.78, 5) is 23.3. The van der Waals surface area contributed by atoms with Crippen molar-refractivity contribution in [1.29, 1.82) is 0 Å². The topological polar surface area (TPSA) is 65.7 Å². The number of hydrogen-bond donors (Lipinski definition) is 0. The number of hydrogen-bond acceptors (Lipinski definition) is 5. The Morgan fingerprint density at radius 2 is 1.91 bits per heavy atom. The molecule has 0 aliphatic heterocycles. The van der Waals surface area contributed by atoms with Crippen LogP contribution in [0.15, 0.2) is 28.9 Å². The summed E-state index contributed by atoms with van der Waals surface area (Å²) in [6, 6.07) is 5.77. The summed E-state index contributed by atoms with van der Waals surface area (Å²) in [6.45, 7) is 6.85. The van der Waals surface area contributed by atoms with Crippen LogP contribution in [0.3, 0.4) is 0 Å². The number of fused-ring (bicyclic) bond motifs is 1. The Balaban J connectivity index is 1.93. The van der Waals surface area contributed by atoms with E-state index in [1.54, 1.807) is 27.0 Å². The largest absolute Gasteiger partial charge is 0.464 e. The molecule has 0 aliphatic carbocycles. The zero-order valence-corrected chi connectivity index (χ0v) is 13.3. The summed E-state index contributed by atoms with van der Waals surface area (Å²) in [5.41, 5.74) is 1.96. The molecule has 5 heteroatoms. The molecule has 0 saturated heterocycles. The van der Waals surface area contributed by atoms with Gasteiger partial charge in [-0.25, -0.2) is 4.79 Å². The Hall–Kier alpha value is -2.30. The Kier molecular flexibility index (Phi) is 4.54. The molecule has 0 spiro atoms. The molecule has 2 rings (SSSR count). The van der Waals surface area contributed by atoms with Gasteiger partial charge in [0.2, 0.25) is 0 Å². The molecule has 0 amide bonds. The van der Waals surface area contributed by atoms with E-state index in [1.807, 2.05) is 25.1 Å². The summed E-state index contributed by atoms with van der Waals surface area (Å²) < 4.78 is 15.4. The second-order valence-corrected chi connectivity index (χ2v) is 6.18. The molecule has 1 aromatic heterocycles. The van der Waals surface area contributed by atoms with Crippen LogP contribution in [0, 0.1) is 6.92 Å². The van der Waals surface area contributed by atoms with Gasteiger partial charge in [-0.15, -0.1) is 0 Å². The van der Waals surface area contributed by atoms with Crippen molar-refractivity contribution in [3.63, 3.8) is 0 Å². The molecular formula is C17H20O5. The van der Waals surface area contributed by atoms with Crippen LogP contribution in [0.25, 0.3) is 11.0 Å². The third-order valence-corrected chi connectivity index (χ3v) is 2.92. The zero-order valence-electron chi connectivity index (χ0n) is 13.3. The van der Waals surface area contributed by atoms with Gasteiger partial charge in [0.1, 0.15) is 11.2 Å². The summed E-state index contributed by atoms with van der Waals surface area (Å²) in [5.74, 6) is -1.05. The van der Waals surface area contributed by atoms with Gasteiger partial charge in [0.25, 0.3) is 0 Å². The lowest BCUT2D eigenvalue weighted by molar-refractivity contribution is -0.166. The lowest BCUT2D eigenvalue weighted by Crippen LogP contribution is -2.27. The van der Waals surface area contributed by atoms with Crippen LogP contribution in [0.4, 0.5) is 0 Å². The molecule has 1 aromatic carbocycles. The fourth-order valence-electron chi connectivity index (χ4n) is 2.04. The molecule has 22 heavy (non-hydrogen) atoms. The average molecular weight is 304 g/mol. The van der Waals surface area contributed by atoms with Crippen LogP contribution in [0.2, 0.25) is 0 Å². The average Bonchev–Trinajstić information content (AvgIpc) is 2.77. The molecule has 0 radical (unpaired) electrons. The van der Waals surface area contributed by atoms with Crippen molar-refractivity contribution in [3.8, 4) is 0 Å². The van der Waals surface area contributed by atoms with E-state index in [0.29, 0.717) is 0 Å². The Morgan fingerprint density at radius 1 is 1.18 bits per heavy atom. The SMILES string of the molecule is Cc1ccc2c(CC(=O)OCC(=O)OC(C)(C)C)coc2c1. The van der Waals surface area contributed by atoms with Crippen LogP contribution in [0.5, 0.6) is 0 Å². The first kappa shape index (κ1) is 16.1. The van der Waals surface area contributed by atoms with Crippen molar-refractivity contribution in [1.82, 2.24) is 0 Å². The summed E-state index contributed by atoms with van der Waals surface area (Å²) in [7, 11) is 0. The molecule has 1 heterocycles. The molecule has 2 aromatic rings. The number of furan rings is 1. The number of carbonyl (C=O) groups is 2. The number of aryl methyl sites for hydroxylation is 1. The molecule has 118 valence electrons. The Morgan fingerprint density at radius 3 is 2.59 bits per heavy atom. The van der Waals surface area contributed by atoms with E-state index in [4.69, 9.17) is 13.9 Å². The van der Waals surface area contributed by atoms with E-state index < -0.39 is 17.5 Å². The highest BCUT2D eigenvalue weighted by atomic mass is 16.6. The maximum absolute atomic E-state index is 11.8. The van der Waals surface area contributed by atoms with Crippen LogP contribution in [0.1, 0.15) is 31.9 Å². The van der Waals surface area contributed by atoms with Gasteiger partial charge in [-0.2, -0.15) is 0 Å². The van der Waals surface area contributed by atoms with Gasteiger partial charge in [-0.05, 0) is 39.3 Å². The van der Waals surface area contributed by atoms with Gasteiger partial charge in [0.15, 0.2) is 6.61 Å². The van der Waals surface area contributed by atoms with Crippen molar-refractivity contribution in [2.75, 3.05) is 6.61 Å². The highest BCUT2D eigenvalue weighted by Crippen LogP contribution is 2.22. The van der Waals surface area contributed by atoms with E-state index >= 15 is 0 Å². The minimum Gasteiger partial charge on any atom is -0.464 e. The van der Waals surface area contributed by atoms with Gasteiger partial charge < -0.3 is 13.9 Å². The van der Waals surface area contributed by atoms with E-state index in [1.165, 1.54) is 0 Å². The normalized spacial score (nSPS) is 11.5. The molecule has 0 unspecified atom stereocenters. The molecular weight excluding hydrogens is 284 g/mol. The first-order valence-corrected chi connectivity index (χ1v) is 7.09. The van der Waals surface area contributed by atoms with Gasteiger partial charge in [-0.1, -0.05) is 12.1 Å². The summed E-state index contributed by atoms with van der Waals surface area (Å²) in [6.07, 6.45) is 1.59. The standard InChI is InChI=1S/C17H20O5/c1-11-5-6-13-12(9-20-14(13)7-11)8-15(18)21-10-16(19)22-17(2,3)4/h5-7,9H,8,10H2,1-4H3. The lowest BCUT2D eigenvalue weighted by Gasteiger charge is -2.19. The number of carbonyl (C=O) groups excluding carboxylic acids is 2. The second-order valence-electron chi connectivity index (χ2n) is 6.18. The summed E-state index contributed by atoms with van der Waals surface area (Å²) >= 11 is 0. The van der Waals surface area contributed by atoms with Crippen LogP contribution in [-0.4, -0.2) is 24.1 Å². The van der Waals surface area contributed by atoms with Crippen LogP contribution in [-0.2, 0) is 25.5 Å². The first-order valence-electron chi connectivity index (χ1n) is 7.09. The zero-order chi connectivity index (χ0) is 16.3. The summed E-state index contributed by atoms with van der Waals surface area (Å²) in [5, 5.41) is 0.875. The van der Waals surface area contributed by atoms with E-state index in [2.05, 4.69) is 0 Å². The van der Waals surface area contributed by atoms with Gasteiger partial charge in [0.05, 0.1) is 12.7 Å². The third kappa shape index (κ3) is 4.35. The van der Waals surface area contributed by atoms with E-state index in [9.17, 15) is 9.59 Å². The second kappa shape index (κ2) is 6.22. The number of esters is 2. The highest BCUT2D eigenvalue weighted by molar-refractivity contribution is 5.86. The molecule has 0 aliphatic rings. The predicted molar refractivity (Wildman–Crippen MR) is 81.5 cm³/mol. The van der Waals surface area contributed by atoms with Crippen molar-refractivity contribution in [3.05, 3.63) is 35.6 Å². The van der Waals surface area contributed by atoms with Gasteiger partial charge >= 0.3 is 11.9 Å². The van der Waals surface area contributed by atoms with Crippen molar-refractivity contribution < 1.29 is 23.5 Å². The first-order chi connectivity index (χ1) is 10.2. The van der Waals surface area contributed by atoms with Crippen molar-refractivity contribution in [2.45, 2.75) is 39.7 Å². The number of ether oxygens (including phenoxy) is 2. The monoisotopic (exact) mass is 304 g/mol. The minimum atomic E-state index is -0.595. The predicted octanol–water partition coefficient (Wildman–Crippen LogP) is 3.17. The lowest BCUT2D eigenvalue weighted by atomic mass is 10.1. The van der Waals surface area contributed by atoms with E-state index in [0.717, 1.165) is 22.1 Å². The number of rotatable bonds is 4. The third-order valence-electron chi connectivity index (χ3n) is 2.92. The number of benzene rings is 1. The van der Waals surface area contributed by atoms with Crippen LogP contribution < -0.4 is 0 Å². The Bertz CT molecular complexity index is 691. The maximum Gasteiger partial charge on any atom is 0.344 e. The fraction of sp³-hybridized carbons (Fsp3) is 0.412. The molecule has 0 atom stereocenters. The maximum atomic E-state index is 11.8. The molecule has 0 N–H and O–H groups in total. The minimum absolute atomic E-state index is 0.0544. The van der Waals surface area contributed by atoms with E-state index in [-0.39, 0.29) is 13.0 Å². The van der Waals surface area contributed by atoms with Gasteiger partial charge in [0, 0.05) is 10.9 Å². The fourth-order valence-corrected chi connectivity index (χ4v) is 2.04. The molecule has 5 nitrogen and oxygen atoms in total.